The fourth-order valence-corrected chi connectivity index (χ4v) is 3.22. The highest BCUT2D eigenvalue weighted by Gasteiger charge is 2.19. The molecule has 0 bridgehead atoms. The van der Waals surface area contributed by atoms with Crippen molar-refractivity contribution >= 4 is 46.4 Å². The van der Waals surface area contributed by atoms with E-state index in [0.717, 1.165) is 16.9 Å². The number of thiophene rings is 1. The number of halogens is 2. The van der Waals surface area contributed by atoms with E-state index in [1.807, 2.05) is 13.0 Å². The van der Waals surface area contributed by atoms with Gasteiger partial charge in [-0.1, -0.05) is 29.3 Å². The highest BCUT2D eigenvalue weighted by atomic mass is 35.5. The predicted octanol–water partition coefficient (Wildman–Crippen LogP) is 4.50. The topological polar surface area (TPSA) is 46.6 Å². The number of carbonyl (C=O) groups excluding carboxylic acids is 2. The summed E-state index contributed by atoms with van der Waals surface area (Å²) < 4.78 is 4.66. The van der Waals surface area contributed by atoms with Crippen LogP contribution in [0.1, 0.15) is 31.8 Å². The smallest absolute Gasteiger partial charge is 0.348 e. The Morgan fingerprint density at radius 3 is 2.43 bits per heavy atom. The number of amides is 1. The van der Waals surface area contributed by atoms with E-state index in [1.165, 1.54) is 7.11 Å². The molecule has 0 aliphatic rings. The molecule has 0 aliphatic heterocycles. The molecule has 0 aliphatic carbocycles. The van der Waals surface area contributed by atoms with E-state index in [2.05, 4.69) is 4.74 Å². The molecule has 0 spiro atoms. The van der Waals surface area contributed by atoms with Crippen LogP contribution in [-0.4, -0.2) is 30.4 Å². The van der Waals surface area contributed by atoms with E-state index in [-0.39, 0.29) is 5.91 Å². The van der Waals surface area contributed by atoms with Crippen molar-refractivity contribution in [2.45, 2.75) is 13.5 Å². The Bertz CT molecular complexity index is 730. The van der Waals surface area contributed by atoms with Gasteiger partial charge in [-0.25, -0.2) is 4.79 Å². The molecule has 1 amide bonds. The van der Waals surface area contributed by atoms with Crippen LogP contribution in [0.25, 0.3) is 0 Å². The molecule has 0 N–H and O–H groups in total. The minimum atomic E-state index is -0.443. The summed E-state index contributed by atoms with van der Waals surface area (Å²) in [6.07, 6.45) is 0. The van der Waals surface area contributed by atoms with E-state index in [9.17, 15) is 9.59 Å². The molecule has 0 fully saturated rings. The average molecular weight is 372 g/mol. The number of methoxy groups -OCH3 is 1. The van der Waals surface area contributed by atoms with Crippen molar-refractivity contribution in [3.63, 3.8) is 0 Å². The molecule has 23 heavy (non-hydrogen) atoms. The molecule has 0 atom stereocenters. The van der Waals surface area contributed by atoms with Crippen molar-refractivity contribution < 1.29 is 14.3 Å². The largest absolute Gasteiger partial charge is 0.465 e. The standard InChI is InChI=1S/C16H15Cl2NO3S/c1-3-19(9-10-4-5-11(17)12(18)8-10)15(20)13-6-7-14(23-13)16(21)22-2/h4-8H,3,9H2,1-2H3. The van der Waals surface area contributed by atoms with Crippen LogP contribution in [0.5, 0.6) is 0 Å². The van der Waals surface area contributed by atoms with Gasteiger partial charge in [0.1, 0.15) is 4.88 Å². The minimum absolute atomic E-state index is 0.140. The van der Waals surface area contributed by atoms with E-state index in [1.54, 1.807) is 29.2 Å². The lowest BCUT2D eigenvalue weighted by atomic mass is 10.2. The minimum Gasteiger partial charge on any atom is -0.465 e. The molecule has 0 unspecified atom stereocenters. The summed E-state index contributed by atoms with van der Waals surface area (Å²) in [7, 11) is 1.31. The zero-order chi connectivity index (χ0) is 17.0. The van der Waals surface area contributed by atoms with Gasteiger partial charge in [0.15, 0.2) is 0 Å². The molecule has 0 saturated carbocycles. The fourth-order valence-electron chi connectivity index (χ4n) is 2.00. The van der Waals surface area contributed by atoms with Gasteiger partial charge >= 0.3 is 5.97 Å². The maximum absolute atomic E-state index is 12.6. The van der Waals surface area contributed by atoms with E-state index < -0.39 is 5.97 Å². The number of hydrogen-bond donors (Lipinski definition) is 0. The zero-order valence-corrected chi connectivity index (χ0v) is 15.0. The third-order valence-electron chi connectivity index (χ3n) is 3.23. The summed E-state index contributed by atoms with van der Waals surface area (Å²) in [5.41, 5.74) is 0.888. The molecule has 1 aromatic carbocycles. The van der Waals surface area contributed by atoms with Gasteiger partial charge in [0, 0.05) is 13.1 Å². The lowest BCUT2D eigenvalue weighted by Gasteiger charge is -2.20. The zero-order valence-electron chi connectivity index (χ0n) is 12.6. The monoisotopic (exact) mass is 371 g/mol. The molecule has 7 heteroatoms. The van der Waals surface area contributed by atoms with Crippen molar-refractivity contribution in [2.24, 2.45) is 0 Å². The predicted molar refractivity (Wildman–Crippen MR) is 92.5 cm³/mol. The Morgan fingerprint density at radius 1 is 1.13 bits per heavy atom. The normalized spacial score (nSPS) is 10.4. The molecule has 0 saturated heterocycles. The Hall–Kier alpha value is -1.56. The second-order valence-corrected chi connectivity index (χ2v) is 6.62. The van der Waals surface area contributed by atoms with Crippen molar-refractivity contribution in [1.82, 2.24) is 4.90 Å². The van der Waals surface area contributed by atoms with Crippen LogP contribution in [0.2, 0.25) is 10.0 Å². The maximum atomic E-state index is 12.6. The second kappa shape index (κ2) is 7.81. The first-order valence-electron chi connectivity index (χ1n) is 6.87. The molecule has 122 valence electrons. The van der Waals surface area contributed by atoms with Crippen LogP contribution in [0.3, 0.4) is 0 Å². The summed E-state index contributed by atoms with van der Waals surface area (Å²) in [4.78, 5) is 26.6. The molecular formula is C16H15Cl2NO3S. The van der Waals surface area contributed by atoms with Crippen LogP contribution in [0.4, 0.5) is 0 Å². The number of hydrogen-bond acceptors (Lipinski definition) is 4. The van der Waals surface area contributed by atoms with Gasteiger partial charge in [-0.05, 0) is 36.8 Å². The fraction of sp³-hybridized carbons (Fsp3) is 0.250. The van der Waals surface area contributed by atoms with Crippen molar-refractivity contribution in [3.8, 4) is 0 Å². The van der Waals surface area contributed by atoms with Gasteiger partial charge in [0.2, 0.25) is 0 Å². The molecule has 4 nitrogen and oxygen atoms in total. The first-order valence-corrected chi connectivity index (χ1v) is 8.44. The third-order valence-corrected chi connectivity index (χ3v) is 5.02. The van der Waals surface area contributed by atoms with Crippen LogP contribution in [-0.2, 0) is 11.3 Å². The molecule has 2 aromatic rings. The third kappa shape index (κ3) is 4.25. The maximum Gasteiger partial charge on any atom is 0.348 e. The number of esters is 1. The Morgan fingerprint density at radius 2 is 1.83 bits per heavy atom. The van der Waals surface area contributed by atoms with Gasteiger partial charge in [-0.2, -0.15) is 0 Å². The quantitative estimate of drug-likeness (QED) is 0.726. The molecular weight excluding hydrogens is 357 g/mol. The highest BCUT2D eigenvalue weighted by Crippen LogP contribution is 2.24. The Labute approximate surface area is 148 Å². The van der Waals surface area contributed by atoms with Crippen LogP contribution in [0.15, 0.2) is 30.3 Å². The van der Waals surface area contributed by atoms with Crippen molar-refractivity contribution in [1.29, 1.82) is 0 Å². The van der Waals surface area contributed by atoms with Crippen molar-refractivity contribution in [3.05, 3.63) is 55.7 Å². The van der Waals surface area contributed by atoms with Gasteiger partial charge in [0.25, 0.3) is 5.91 Å². The lowest BCUT2D eigenvalue weighted by Crippen LogP contribution is -2.29. The number of nitrogens with zero attached hydrogens (tertiary/aromatic N) is 1. The first-order chi connectivity index (χ1) is 11.0. The molecule has 2 rings (SSSR count). The summed E-state index contributed by atoms with van der Waals surface area (Å²) in [5.74, 6) is -0.583. The SMILES string of the molecule is CCN(Cc1ccc(Cl)c(Cl)c1)C(=O)c1ccc(C(=O)OC)s1. The highest BCUT2D eigenvalue weighted by molar-refractivity contribution is 7.15. The average Bonchev–Trinajstić information content (AvgIpc) is 3.04. The number of carbonyl (C=O) groups is 2. The molecule has 0 radical (unpaired) electrons. The second-order valence-electron chi connectivity index (χ2n) is 4.72. The van der Waals surface area contributed by atoms with Gasteiger partial charge in [0.05, 0.1) is 22.0 Å². The van der Waals surface area contributed by atoms with Crippen LogP contribution >= 0.6 is 34.5 Å². The summed E-state index contributed by atoms with van der Waals surface area (Å²) in [6, 6.07) is 8.51. The van der Waals surface area contributed by atoms with Crippen molar-refractivity contribution in [2.75, 3.05) is 13.7 Å². The molecule has 1 heterocycles. The lowest BCUT2D eigenvalue weighted by molar-refractivity contribution is 0.0606. The van der Waals surface area contributed by atoms with Gasteiger partial charge < -0.3 is 9.64 Å². The number of ether oxygens (including phenoxy) is 1. The summed E-state index contributed by atoms with van der Waals surface area (Å²) >= 11 is 13.0. The van der Waals surface area contributed by atoms with E-state index in [4.69, 9.17) is 23.2 Å². The summed E-state index contributed by atoms with van der Waals surface area (Å²) in [6.45, 7) is 2.84. The van der Waals surface area contributed by atoms with E-state index >= 15 is 0 Å². The van der Waals surface area contributed by atoms with Gasteiger partial charge in [-0.3, -0.25) is 4.79 Å². The molecule has 1 aromatic heterocycles. The number of benzene rings is 1. The Balaban J connectivity index is 2.16. The van der Waals surface area contributed by atoms with Crippen LogP contribution < -0.4 is 0 Å². The first kappa shape index (κ1) is 17.8. The Kier molecular flexibility index (Phi) is 6.04. The van der Waals surface area contributed by atoms with Crippen LogP contribution in [0, 0.1) is 0 Å². The summed E-state index contributed by atoms with van der Waals surface area (Å²) in [5, 5.41) is 0.933. The van der Waals surface area contributed by atoms with Gasteiger partial charge in [-0.15, -0.1) is 11.3 Å². The number of rotatable bonds is 5. The van der Waals surface area contributed by atoms with E-state index in [0.29, 0.717) is 32.9 Å².